The maximum absolute atomic E-state index is 5.81. The molecule has 3 nitrogen and oxygen atoms in total. The third-order valence-corrected chi connectivity index (χ3v) is 2.55. The Morgan fingerprint density at radius 1 is 1.25 bits per heavy atom. The molecule has 0 aliphatic rings. The van der Waals surface area contributed by atoms with E-state index >= 15 is 0 Å². The second-order valence-corrected chi connectivity index (χ2v) is 4.37. The fourth-order valence-corrected chi connectivity index (χ4v) is 1.50. The first kappa shape index (κ1) is 11.0. The summed E-state index contributed by atoms with van der Waals surface area (Å²) in [6.07, 6.45) is 1.68. The van der Waals surface area contributed by atoms with Gasteiger partial charge in [-0.15, -0.1) is 0 Å². The van der Waals surface area contributed by atoms with Gasteiger partial charge in [0.15, 0.2) is 5.75 Å². The Hall–Kier alpha value is -1.55. The van der Waals surface area contributed by atoms with Crippen LogP contribution in [0, 0.1) is 6.92 Å². The maximum Gasteiger partial charge on any atom is 0.219 e. The summed E-state index contributed by atoms with van der Waals surface area (Å²) < 4.78 is 6.50. The van der Waals surface area contributed by atoms with Gasteiger partial charge in [0.05, 0.1) is 5.69 Å². The molecule has 2 N–H and O–H groups in total. The summed E-state index contributed by atoms with van der Waals surface area (Å²) in [6, 6.07) is 9.31. The molecule has 0 saturated heterocycles. The second kappa shape index (κ2) is 4.53. The number of nitrogens with zero attached hydrogens (tertiary/aromatic N) is 1. The highest BCUT2D eigenvalue weighted by atomic mass is 79.9. The first-order chi connectivity index (χ1) is 7.65. The highest BCUT2D eigenvalue weighted by Gasteiger charge is 2.03. The number of rotatable bonds is 2. The summed E-state index contributed by atoms with van der Waals surface area (Å²) in [6.45, 7) is 1.99. The van der Waals surface area contributed by atoms with Gasteiger partial charge in [-0.3, -0.25) is 0 Å². The number of anilines is 1. The van der Waals surface area contributed by atoms with Crippen LogP contribution in [0.3, 0.4) is 0 Å². The van der Waals surface area contributed by atoms with Crippen LogP contribution in [0.2, 0.25) is 0 Å². The van der Waals surface area contributed by atoms with Crippen molar-refractivity contribution in [1.82, 2.24) is 4.98 Å². The second-order valence-electron chi connectivity index (χ2n) is 3.46. The van der Waals surface area contributed by atoms with Gasteiger partial charge in [0.2, 0.25) is 5.88 Å². The molecule has 0 bridgehead atoms. The molecule has 16 heavy (non-hydrogen) atoms. The van der Waals surface area contributed by atoms with Gasteiger partial charge < -0.3 is 10.5 Å². The normalized spacial score (nSPS) is 10.1. The molecule has 0 aliphatic heterocycles. The zero-order valence-electron chi connectivity index (χ0n) is 8.77. The van der Waals surface area contributed by atoms with Crippen molar-refractivity contribution in [2.75, 3.05) is 5.73 Å². The molecule has 82 valence electrons. The Morgan fingerprint density at radius 3 is 2.75 bits per heavy atom. The highest BCUT2D eigenvalue weighted by molar-refractivity contribution is 9.10. The van der Waals surface area contributed by atoms with Crippen molar-refractivity contribution in [2.45, 2.75) is 6.92 Å². The van der Waals surface area contributed by atoms with E-state index in [1.54, 1.807) is 12.3 Å². The monoisotopic (exact) mass is 278 g/mol. The summed E-state index contributed by atoms with van der Waals surface area (Å²) >= 11 is 3.31. The molecular weight excluding hydrogens is 268 g/mol. The van der Waals surface area contributed by atoms with E-state index in [9.17, 15) is 0 Å². The predicted molar refractivity (Wildman–Crippen MR) is 67.6 cm³/mol. The third kappa shape index (κ3) is 2.52. The summed E-state index contributed by atoms with van der Waals surface area (Å²) in [5, 5.41) is 0. The first-order valence-corrected chi connectivity index (χ1v) is 5.60. The Labute approximate surface area is 102 Å². The minimum atomic E-state index is 0.528. The lowest BCUT2D eigenvalue weighted by Crippen LogP contribution is -1.93. The van der Waals surface area contributed by atoms with Crippen LogP contribution < -0.4 is 10.5 Å². The van der Waals surface area contributed by atoms with Gasteiger partial charge in [-0.2, -0.15) is 0 Å². The summed E-state index contributed by atoms with van der Waals surface area (Å²) in [5.74, 6) is 1.16. The molecule has 1 aromatic carbocycles. The van der Waals surface area contributed by atoms with E-state index in [-0.39, 0.29) is 0 Å². The van der Waals surface area contributed by atoms with Crippen LogP contribution in [0.25, 0.3) is 0 Å². The molecule has 0 unspecified atom stereocenters. The van der Waals surface area contributed by atoms with Crippen molar-refractivity contribution in [3.63, 3.8) is 0 Å². The number of hydrogen-bond acceptors (Lipinski definition) is 3. The molecule has 0 spiro atoms. The van der Waals surface area contributed by atoms with E-state index in [2.05, 4.69) is 20.9 Å². The summed E-state index contributed by atoms with van der Waals surface area (Å²) in [7, 11) is 0. The van der Waals surface area contributed by atoms with Crippen molar-refractivity contribution >= 4 is 21.6 Å². The Kier molecular flexibility index (Phi) is 3.10. The highest BCUT2D eigenvalue weighted by Crippen LogP contribution is 2.27. The molecule has 0 aliphatic carbocycles. The molecular formula is C12H11BrN2O. The van der Waals surface area contributed by atoms with E-state index in [0.29, 0.717) is 17.3 Å². The number of nitrogen functional groups attached to an aromatic ring is 1. The Morgan fingerprint density at radius 2 is 2.06 bits per heavy atom. The Bertz CT molecular complexity index is 497. The van der Waals surface area contributed by atoms with Crippen LogP contribution in [0.1, 0.15) is 5.56 Å². The molecule has 1 heterocycles. The van der Waals surface area contributed by atoms with Crippen LogP contribution in [-0.2, 0) is 0 Å². The number of halogens is 1. The lowest BCUT2D eigenvalue weighted by Gasteiger charge is -2.08. The largest absolute Gasteiger partial charge is 0.437 e. The van der Waals surface area contributed by atoms with Crippen molar-refractivity contribution in [1.29, 1.82) is 0 Å². The van der Waals surface area contributed by atoms with Gasteiger partial charge in [-0.05, 0) is 46.6 Å². The SMILES string of the molecule is Cc1ccc(N)c(Oc2ccc(Br)cn2)c1. The number of hydrogen-bond donors (Lipinski definition) is 1. The fourth-order valence-electron chi connectivity index (χ4n) is 1.27. The van der Waals surface area contributed by atoms with E-state index in [4.69, 9.17) is 10.5 Å². The van der Waals surface area contributed by atoms with Crippen LogP contribution >= 0.6 is 15.9 Å². The smallest absolute Gasteiger partial charge is 0.219 e. The molecule has 0 saturated carbocycles. The van der Waals surface area contributed by atoms with Crippen LogP contribution in [0.15, 0.2) is 41.0 Å². The van der Waals surface area contributed by atoms with Gasteiger partial charge in [0.1, 0.15) is 0 Å². The lowest BCUT2D eigenvalue weighted by molar-refractivity contribution is 0.464. The minimum Gasteiger partial charge on any atom is -0.437 e. The number of pyridine rings is 1. The Balaban J connectivity index is 2.26. The molecule has 4 heteroatoms. The van der Waals surface area contributed by atoms with Gasteiger partial charge in [0, 0.05) is 16.7 Å². The van der Waals surface area contributed by atoms with Gasteiger partial charge in [-0.1, -0.05) is 6.07 Å². The molecule has 1 aromatic heterocycles. The molecule has 0 fully saturated rings. The maximum atomic E-state index is 5.81. The molecule has 2 aromatic rings. The van der Waals surface area contributed by atoms with Gasteiger partial charge in [-0.25, -0.2) is 4.98 Å². The van der Waals surface area contributed by atoms with Gasteiger partial charge in [0.25, 0.3) is 0 Å². The third-order valence-electron chi connectivity index (χ3n) is 2.08. The predicted octanol–water partition coefficient (Wildman–Crippen LogP) is 3.53. The topological polar surface area (TPSA) is 48.1 Å². The van der Waals surface area contributed by atoms with Crippen LogP contribution in [-0.4, -0.2) is 4.98 Å². The standard InChI is InChI=1S/C12H11BrN2O/c1-8-2-4-10(14)11(6-8)16-12-5-3-9(13)7-15-12/h2-7H,14H2,1H3. The van der Waals surface area contributed by atoms with E-state index in [1.165, 1.54) is 0 Å². The summed E-state index contributed by atoms with van der Waals surface area (Å²) in [4.78, 5) is 4.12. The van der Waals surface area contributed by atoms with Crippen molar-refractivity contribution in [3.05, 3.63) is 46.6 Å². The van der Waals surface area contributed by atoms with Gasteiger partial charge >= 0.3 is 0 Å². The number of benzene rings is 1. The minimum absolute atomic E-state index is 0.528. The zero-order chi connectivity index (χ0) is 11.5. The quantitative estimate of drug-likeness (QED) is 0.855. The fraction of sp³-hybridized carbons (Fsp3) is 0.0833. The van der Waals surface area contributed by atoms with Crippen molar-refractivity contribution in [3.8, 4) is 11.6 Å². The van der Waals surface area contributed by atoms with E-state index < -0.39 is 0 Å². The molecule has 0 atom stereocenters. The number of aromatic nitrogens is 1. The van der Waals surface area contributed by atoms with E-state index in [1.807, 2.05) is 31.2 Å². The van der Waals surface area contributed by atoms with Crippen molar-refractivity contribution in [2.24, 2.45) is 0 Å². The van der Waals surface area contributed by atoms with Crippen molar-refractivity contribution < 1.29 is 4.74 Å². The van der Waals surface area contributed by atoms with Crippen LogP contribution in [0.4, 0.5) is 5.69 Å². The number of ether oxygens (including phenoxy) is 1. The number of nitrogens with two attached hydrogens (primary N) is 1. The lowest BCUT2D eigenvalue weighted by atomic mass is 10.2. The zero-order valence-corrected chi connectivity index (χ0v) is 10.4. The van der Waals surface area contributed by atoms with E-state index in [0.717, 1.165) is 10.0 Å². The molecule has 2 rings (SSSR count). The summed E-state index contributed by atoms with van der Waals surface area (Å²) in [5.41, 5.74) is 7.51. The number of aryl methyl sites for hydroxylation is 1. The molecule has 0 radical (unpaired) electrons. The molecule has 0 amide bonds. The average molecular weight is 279 g/mol. The average Bonchev–Trinajstić information content (AvgIpc) is 2.27. The first-order valence-electron chi connectivity index (χ1n) is 4.81. The van der Waals surface area contributed by atoms with Crippen LogP contribution in [0.5, 0.6) is 11.6 Å².